The predicted molar refractivity (Wildman–Crippen MR) is 179 cm³/mol. The lowest BCUT2D eigenvalue weighted by Crippen LogP contribution is -2.17. The van der Waals surface area contributed by atoms with E-state index in [0.29, 0.717) is 126 Å². The van der Waals surface area contributed by atoms with Gasteiger partial charge in [0.05, 0.1) is 126 Å². The molecule has 0 rings (SSSR count). The van der Waals surface area contributed by atoms with E-state index in [-0.39, 0.29) is 0 Å². The second-order valence-electron chi connectivity index (χ2n) is 10.8. The number of likely N-dealkylation sites (N-methyl/N-ethyl adjacent to an activating group) is 1. The van der Waals surface area contributed by atoms with Crippen molar-refractivity contribution in [2.24, 2.45) is 0 Å². The van der Waals surface area contributed by atoms with Crippen molar-refractivity contribution >= 4 is 0 Å². The molecule has 0 aromatic carbocycles. The van der Waals surface area contributed by atoms with E-state index in [4.69, 9.17) is 47.4 Å². The molecule has 0 spiro atoms. The van der Waals surface area contributed by atoms with Gasteiger partial charge in [-0.15, -0.1) is 0 Å². The molecule has 272 valence electrons. The van der Waals surface area contributed by atoms with Crippen molar-refractivity contribution in [2.75, 3.05) is 146 Å². The molecule has 0 aromatic rings. The third-order valence-corrected chi connectivity index (χ3v) is 6.74. The first-order valence-electron chi connectivity index (χ1n) is 17.8. The lowest BCUT2D eigenvalue weighted by molar-refractivity contribution is -0.0264. The molecule has 0 radical (unpaired) electrons. The first kappa shape index (κ1) is 44.6. The van der Waals surface area contributed by atoms with Gasteiger partial charge >= 0.3 is 0 Å². The van der Waals surface area contributed by atoms with Crippen LogP contribution in [0.2, 0.25) is 0 Å². The zero-order chi connectivity index (χ0) is 32.4. The van der Waals surface area contributed by atoms with Gasteiger partial charge in [-0.3, -0.25) is 0 Å². The standard InChI is InChI=1S/C34H71NO10/c1-3-4-5-6-7-8-9-10-11-12-13-15-36-17-19-38-21-23-40-25-27-42-29-31-44-33-34-45-32-30-43-28-26-41-24-22-39-20-18-37-16-14-35-2/h35H,3-34H2,1-2H3. The largest absolute Gasteiger partial charge is 0.379 e. The highest BCUT2D eigenvalue weighted by molar-refractivity contribution is 4.48. The Bertz CT molecular complexity index is 466. The van der Waals surface area contributed by atoms with Crippen LogP contribution in [0.5, 0.6) is 0 Å². The fourth-order valence-corrected chi connectivity index (χ4v) is 4.12. The Balaban J connectivity index is 3.03. The summed E-state index contributed by atoms with van der Waals surface area (Å²) in [6, 6.07) is 0. The van der Waals surface area contributed by atoms with Crippen LogP contribution in [0.1, 0.15) is 77.6 Å². The maximum atomic E-state index is 5.66. The third kappa shape index (κ3) is 43.6. The Morgan fingerprint density at radius 3 is 0.756 bits per heavy atom. The zero-order valence-electron chi connectivity index (χ0n) is 29.2. The molecule has 0 aliphatic rings. The van der Waals surface area contributed by atoms with Gasteiger partial charge in [-0.1, -0.05) is 71.1 Å². The molecule has 45 heavy (non-hydrogen) atoms. The molecule has 0 aromatic heterocycles. The minimum Gasteiger partial charge on any atom is -0.379 e. The van der Waals surface area contributed by atoms with Crippen LogP contribution in [0.25, 0.3) is 0 Å². The van der Waals surface area contributed by atoms with E-state index in [1.54, 1.807) is 0 Å². The molecule has 0 heterocycles. The van der Waals surface area contributed by atoms with E-state index in [9.17, 15) is 0 Å². The van der Waals surface area contributed by atoms with Crippen LogP contribution in [-0.4, -0.2) is 146 Å². The summed E-state index contributed by atoms with van der Waals surface area (Å²) in [4.78, 5) is 0. The predicted octanol–water partition coefficient (Wildman–Crippen LogP) is 4.68. The highest BCUT2D eigenvalue weighted by atomic mass is 16.6. The van der Waals surface area contributed by atoms with Gasteiger partial charge in [0.25, 0.3) is 0 Å². The summed E-state index contributed by atoms with van der Waals surface area (Å²) in [6.07, 6.45) is 14.9. The Morgan fingerprint density at radius 2 is 0.489 bits per heavy atom. The Hall–Kier alpha value is -0.440. The van der Waals surface area contributed by atoms with Crippen molar-refractivity contribution in [1.29, 1.82) is 0 Å². The highest BCUT2D eigenvalue weighted by Crippen LogP contribution is 2.11. The number of ether oxygens (including phenoxy) is 10. The summed E-state index contributed by atoms with van der Waals surface area (Å²) in [5.41, 5.74) is 0. The van der Waals surface area contributed by atoms with Crippen LogP contribution in [-0.2, 0) is 47.4 Å². The van der Waals surface area contributed by atoms with Gasteiger partial charge < -0.3 is 52.7 Å². The normalized spacial score (nSPS) is 11.6. The van der Waals surface area contributed by atoms with Crippen molar-refractivity contribution in [3.05, 3.63) is 0 Å². The minimum atomic E-state index is 0.531. The lowest BCUT2D eigenvalue weighted by atomic mass is 10.1. The summed E-state index contributed by atoms with van der Waals surface area (Å²) >= 11 is 0. The number of hydrogen-bond donors (Lipinski definition) is 1. The third-order valence-electron chi connectivity index (χ3n) is 6.74. The van der Waals surface area contributed by atoms with Crippen LogP contribution in [0, 0.1) is 0 Å². The Morgan fingerprint density at radius 1 is 0.267 bits per heavy atom. The molecule has 0 fully saturated rings. The molecular formula is C34H71NO10. The smallest absolute Gasteiger partial charge is 0.0701 e. The average molecular weight is 654 g/mol. The molecule has 0 atom stereocenters. The maximum absolute atomic E-state index is 5.66. The van der Waals surface area contributed by atoms with Gasteiger partial charge in [-0.2, -0.15) is 0 Å². The molecule has 0 amide bonds. The van der Waals surface area contributed by atoms with Gasteiger partial charge in [0.15, 0.2) is 0 Å². The molecule has 0 saturated heterocycles. The second kappa shape index (κ2) is 43.6. The molecule has 0 unspecified atom stereocenters. The molecule has 1 N–H and O–H groups in total. The lowest BCUT2D eigenvalue weighted by Gasteiger charge is -2.09. The van der Waals surface area contributed by atoms with Crippen molar-refractivity contribution in [3.63, 3.8) is 0 Å². The SMILES string of the molecule is CCCCCCCCCCCCCOCCOCCOCCOCCOCCOCCOCCOCCOCCOCCNC. The topological polar surface area (TPSA) is 104 Å². The fraction of sp³-hybridized carbons (Fsp3) is 1.00. The van der Waals surface area contributed by atoms with Gasteiger partial charge in [-0.25, -0.2) is 0 Å². The van der Waals surface area contributed by atoms with Crippen molar-refractivity contribution in [2.45, 2.75) is 77.6 Å². The van der Waals surface area contributed by atoms with E-state index < -0.39 is 0 Å². The van der Waals surface area contributed by atoms with E-state index in [2.05, 4.69) is 12.2 Å². The quantitative estimate of drug-likeness (QED) is 0.0929. The van der Waals surface area contributed by atoms with E-state index >= 15 is 0 Å². The van der Waals surface area contributed by atoms with Gasteiger partial charge in [0.2, 0.25) is 0 Å². The first-order valence-corrected chi connectivity index (χ1v) is 17.8. The Labute approximate surface area is 275 Å². The number of hydrogen-bond acceptors (Lipinski definition) is 11. The van der Waals surface area contributed by atoms with E-state index in [0.717, 1.165) is 19.6 Å². The molecule has 0 aliphatic carbocycles. The summed E-state index contributed by atoms with van der Waals surface area (Å²) in [5.74, 6) is 0. The number of rotatable bonds is 42. The van der Waals surface area contributed by atoms with Gasteiger partial charge in [0.1, 0.15) is 0 Å². The van der Waals surface area contributed by atoms with Crippen molar-refractivity contribution < 1.29 is 47.4 Å². The van der Waals surface area contributed by atoms with Gasteiger partial charge in [-0.05, 0) is 13.5 Å². The highest BCUT2D eigenvalue weighted by Gasteiger charge is 1.97. The molecule has 0 bridgehead atoms. The zero-order valence-corrected chi connectivity index (χ0v) is 29.2. The monoisotopic (exact) mass is 654 g/mol. The minimum absolute atomic E-state index is 0.531. The molecule has 0 saturated carbocycles. The van der Waals surface area contributed by atoms with E-state index in [1.165, 1.54) is 64.2 Å². The molecule has 11 nitrogen and oxygen atoms in total. The summed E-state index contributed by atoms with van der Waals surface area (Å²) in [5, 5.41) is 3.02. The van der Waals surface area contributed by atoms with Crippen LogP contribution in [0.15, 0.2) is 0 Å². The van der Waals surface area contributed by atoms with Crippen LogP contribution < -0.4 is 5.32 Å². The van der Waals surface area contributed by atoms with Crippen molar-refractivity contribution in [1.82, 2.24) is 5.32 Å². The van der Waals surface area contributed by atoms with Crippen LogP contribution in [0.4, 0.5) is 0 Å². The summed E-state index contributed by atoms with van der Waals surface area (Å²) in [6.45, 7) is 14.7. The number of unbranched alkanes of at least 4 members (excludes halogenated alkanes) is 10. The fourth-order valence-electron chi connectivity index (χ4n) is 4.12. The molecular weight excluding hydrogens is 582 g/mol. The maximum Gasteiger partial charge on any atom is 0.0701 e. The van der Waals surface area contributed by atoms with Crippen LogP contribution >= 0.6 is 0 Å². The first-order chi connectivity index (χ1) is 22.4. The second-order valence-corrected chi connectivity index (χ2v) is 10.8. The summed E-state index contributed by atoms with van der Waals surface area (Å²) < 4.78 is 54.9. The summed E-state index contributed by atoms with van der Waals surface area (Å²) in [7, 11) is 1.90. The van der Waals surface area contributed by atoms with Gasteiger partial charge in [0, 0.05) is 13.2 Å². The van der Waals surface area contributed by atoms with Crippen LogP contribution in [0.3, 0.4) is 0 Å². The average Bonchev–Trinajstić information content (AvgIpc) is 3.05. The Kier molecular flexibility index (Phi) is 43.1. The van der Waals surface area contributed by atoms with E-state index in [1.807, 2.05) is 7.05 Å². The number of nitrogens with one attached hydrogen (secondary N) is 1. The van der Waals surface area contributed by atoms with Crippen molar-refractivity contribution in [3.8, 4) is 0 Å². The molecule has 0 aliphatic heterocycles. The molecule has 11 heteroatoms.